The third kappa shape index (κ3) is 10.7. The number of aromatic amines is 1. The van der Waals surface area contributed by atoms with Crippen molar-refractivity contribution in [3.63, 3.8) is 0 Å². The quantitative estimate of drug-likeness (QED) is 0.0494. The zero-order valence-corrected chi connectivity index (χ0v) is 47.1. The fourth-order valence-electron chi connectivity index (χ4n) is 11.5. The molecule has 4 aromatic carbocycles. The van der Waals surface area contributed by atoms with Gasteiger partial charge in [-0.15, -0.1) is 0 Å². The van der Waals surface area contributed by atoms with E-state index < -0.39 is 46.3 Å². The second-order valence-electron chi connectivity index (χ2n) is 21.4. The lowest BCUT2D eigenvalue weighted by Gasteiger charge is -2.39. The number of aryl methyl sites for hydroxylation is 1. The number of hydrogen-bond acceptors (Lipinski definition) is 17. The van der Waals surface area contributed by atoms with Crippen molar-refractivity contribution in [1.29, 1.82) is 0 Å². The Morgan fingerprint density at radius 3 is 2.14 bits per heavy atom. The molecule has 8 heterocycles. The Bertz CT molecular complexity index is 3970. The molecule has 1 unspecified atom stereocenters. The van der Waals surface area contributed by atoms with Gasteiger partial charge in [-0.1, -0.05) is 41.7 Å². The highest BCUT2D eigenvalue weighted by Gasteiger charge is 2.40. The van der Waals surface area contributed by atoms with E-state index in [-0.39, 0.29) is 123 Å². The second kappa shape index (κ2) is 22.6. The average Bonchev–Trinajstić information content (AvgIpc) is 1.44. The van der Waals surface area contributed by atoms with Crippen molar-refractivity contribution in [3.05, 3.63) is 101 Å². The van der Waals surface area contributed by atoms with Crippen molar-refractivity contribution in [2.45, 2.75) is 62.6 Å². The number of carbonyl (C=O) groups excluding carboxylic acids is 2. The number of aromatic nitrogens is 7. The third-order valence-electron chi connectivity index (χ3n) is 16.1. The van der Waals surface area contributed by atoms with Crippen LogP contribution >= 0.6 is 22.9 Å². The predicted octanol–water partition coefficient (Wildman–Crippen LogP) is 9.00. The summed E-state index contributed by atoms with van der Waals surface area (Å²) in [7, 11) is 3.60. The molecule has 8 aromatic rings. The van der Waals surface area contributed by atoms with Crippen LogP contribution in [0.3, 0.4) is 0 Å². The summed E-state index contributed by atoms with van der Waals surface area (Å²) in [6.07, 6.45) is 3.03. The molecule has 4 aromatic heterocycles. The summed E-state index contributed by atoms with van der Waals surface area (Å²) in [6, 6.07) is 6.68. The van der Waals surface area contributed by atoms with Crippen molar-refractivity contribution >= 4 is 94.4 Å². The SMILES string of the molecule is C=CC(=O)N1CC(Nc2nc(OC[C@@H]3C[C@@H](OC)CN3C/C=C/C(=O)N3CC(Nc4nc(OCC5CCCN5C)nc5c(F)c(-c6c(C)ccc7[nH]ncc67)c(Cl)cc45)C3)nc3c(F)c(-c4ccc(F)c5sc(N)nc45)c(C(F)(F)F)cc23)C1. The van der Waals surface area contributed by atoms with Gasteiger partial charge in [0.15, 0.2) is 16.8 Å². The van der Waals surface area contributed by atoms with Crippen LogP contribution in [0.5, 0.6) is 12.0 Å². The van der Waals surface area contributed by atoms with Crippen LogP contribution in [-0.4, -0.2) is 170 Å². The number of H-pyrrole nitrogens is 1. The molecule has 4 fully saturated rings. The minimum atomic E-state index is -5.12. The maximum atomic E-state index is 17.2. The zero-order chi connectivity index (χ0) is 58.9. The van der Waals surface area contributed by atoms with Gasteiger partial charge in [0.25, 0.3) is 0 Å². The number of amides is 2. The molecule has 0 bridgehead atoms. The first-order valence-electron chi connectivity index (χ1n) is 27.1. The topological polar surface area (TPSA) is 218 Å². The van der Waals surface area contributed by atoms with Crippen molar-refractivity contribution in [2.24, 2.45) is 0 Å². The van der Waals surface area contributed by atoms with Crippen LogP contribution in [0.2, 0.25) is 5.02 Å². The lowest BCUT2D eigenvalue weighted by molar-refractivity contribution is -0.137. The van der Waals surface area contributed by atoms with Crippen LogP contribution in [-0.2, 0) is 20.5 Å². The fourth-order valence-corrected chi connectivity index (χ4v) is 12.6. The van der Waals surface area contributed by atoms with Gasteiger partial charge >= 0.3 is 18.2 Å². The standard InChI is InChI=1S/C57H55ClF6N14O5S/c1-5-41(79)77-20-28(21-77)67-52-34-17-37(57(62,63)64)44(33-11-12-39(59)51-50(33)69-54(65)84-51)46(60)48(34)70-56(72-52)83-26-31-16-32(81-4)24-76(31)15-7-9-42(80)78-22-29(23-78)68-53-35-18-38(58)45(43-27(2)10-13-40-36(43)19-66-74-40)47(61)49(35)71-55(73-53)82-25-30-8-6-14-75(30)3/h5,7,9-13,17-19,28-32H,1,6,8,14-16,20-26H2,2-4H3,(H2,65,69)(H,66,74)(H,67,70,72)(H,68,71,73)/b9-7+/t30?,31-,32+/m0/s1. The zero-order valence-electron chi connectivity index (χ0n) is 45.5. The van der Waals surface area contributed by atoms with Gasteiger partial charge in [-0.3, -0.25) is 19.6 Å². The van der Waals surface area contributed by atoms with Gasteiger partial charge in [0.2, 0.25) is 11.8 Å². The Hall–Kier alpha value is -7.91. The number of likely N-dealkylation sites (N-methyl/N-ethyl adjacent to an activating group) is 1. The molecule has 0 radical (unpaired) electrons. The van der Waals surface area contributed by atoms with Crippen LogP contribution < -0.4 is 25.8 Å². The Balaban J connectivity index is 0.757. The highest BCUT2D eigenvalue weighted by Crippen LogP contribution is 2.47. The number of nitrogens with zero attached hydrogens (tertiary/aromatic N) is 10. The Labute approximate surface area is 484 Å². The number of nitrogens with two attached hydrogens (primary N) is 1. The van der Waals surface area contributed by atoms with Gasteiger partial charge in [0.05, 0.1) is 50.7 Å². The number of likely N-dealkylation sites (tertiary alicyclic amines) is 4. The summed E-state index contributed by atoms with van der Waals surface area (Å²) < 4.78 is 112. The molecule has 4 aliphatic rings. The van der Waals surface area contributed by atoms with Crippen LogP contribution in [0.25, 0.3) is 65.2 Å². The summed E-state index contributed by atoms with van der Waals surface area (Å²) in [5.74, 6) is -3.31. The first-order valence-corrected chi connectivity index (χ1v) is 28.2. The second-order valence-corrected chi connectivity index (χ2v) is 22.9. The number of halogens is 7. The summed E-state index contributed by atoms with van der Waals surface area (Å²) in [5.41, 5.74) is 4.71. The van der Waals surface area contributed by atoms with E-state index in [1.807, 2.05) is 31.0 Å². The van der Waals surface area contributed by atoms with Crippen LogP contribution in [0.15, 0.2) is 67.4 Å². The number of anilines is 3. The Kier molecular flexibility index (Phi) is 15.2. The number of methoxy groups -OCH3 is 1. The molecular weight excluding hydrogens is 1140 g/mol. The molecule has 4 saturated heterocycles. The van der Waals surface area contributed by atoms with Crippen molar-refractivity contribution < 1.29 is 50.1 Å². The number of nitrogens with one attached hydrogen (secondary N) is 3. The number of fused-ring (bicyclic) bond motifs is 4. The largest absolute Gasteiger partial charge is 0.462 e. The number of ether oxygens (including phenoxy) is 3. The number of benzene rings is 4. The molecule has 27 heteroatoms. The number of nitrogen functional groups attached to an aromatic ring is 1. The van der Waals surface area contributed by atoms with Crippen LogP contribution in [0.1, 0.15) is 30.4 Å². The van der Waals surface area contributed by atoms with Gasteiger partial charge in [-0.25, -0.2) is 18.2 Å². The van der Waals surface area contributed by atoms with Crippen molar-refractivity contribution in [3.8, 4) is 34.3 Å². The minimum Gasteiger partial charge on any atom is -0.462 e. The van der Waals surface area contributed by atoms with E-state index in [0.717, 1.165) is 54.7 Å². The maximum absolute atomic E-state index is 17.2. The molecule has 0 saturated carbocycles. The highest BCUT2D eigenvalue weighted by atomic mass is 35.5. The molecule has 19 nitrogen and oxygen atoms in total. The van der Waals surface area contributed by atoms with Gasteiger partial charge < -0.3 is 45.3 Å². The van der Waals surface area contributed by atoms with E-state index in [1.165, 1.54) is 11.0 Å². The monoisotopic (exact) mass is 1200 g/mol. The molecular formula is C57H55ClF6N14O5S. The van der Waals surface area contributed by atoms with E-state index in [9.17, 15) is 14.0 Å². The highest BCUT2D eigenvalue weighted by molar-refractivity contribution is 7.22. The van der Waals surface area contributed by atoms with E-state index in [1.54, 1.807) is 30.3 Å². The van der Waals surface area contributed by atoms with Gasteiger partial charge in [0, 0.05) is 103 Å². The minimum absolute atomic E-state index is 0.00278. The third-order valence-corrected chi connectivity index (χ3v) is 17.3. The first kappa shape index (κ1) is 56.6. The molecule has 5 N–H and O–H groups in total. The lowest BCUT2D eigenvalue weighted by Crippen LogP contribution is -2.56. The molecule has 3 atom stereocenters. The van der Waals surface area contributed by atoms with Crippen LogP contribution in [0, 0.1) is 24.4 Å². The molecule has 0 spiro atoms. The lowest BCUT2D eigenvalue weighted by atomic mass is 9.95. The van der Waals surface area contributed by atoms with Gasteiger partial charge in [-0.05, 0) is 81.7 Å². The summed E-state index contributed by atoms with van der Waals surface area (Å²) >= 11 is 7.66. The normalized spacial score (nSPS) is 19.1. The van der Waals surface area contributed by atoms with E-state index in [2.05, 4.69) is 52.2 Å². The molecule has 12 rings (SSSR count). The summed E-state index contributed by atoms with van der Waals surface area (Å²) in [6.45, 7) is 8.15. The summed E-state index contributed by atoms with van der Waals surface area (Å²) in [5, 5.41) is 14.3. The molecule has 4 aliphatic heterocycles. The average molecular weight is 1200 g/mol. The van der Waals surface area contributed by atoms with E-state index in [4.69, 9.17) is 36.5 Å². The van der Waals surface area contributed by atoms with Crippen LogP contribution in [0.4, 0.5) is 43.1 Å². The number of carbonyl (C=O) groups is 2. The molecule has 438 valence electrons. The predicted molar refractivity (Wildman–Crippen MR) is 307 cm³/mol. The molecule has 84 heavy (non-hydrogen) atoms. The summed E-state index contributed by atoms with van der Waals surface area (Å²) in [4.78, 5) is 55.4. The van der Waals surface area contributed by atoms with Crippen molar-refractivity contribution in [1.82, 2.24) is 54.7 Å². The smallest absolute Gasteiger partial charge is 0.417 e. The number of thiazole rings is 1. The number of hydrogen-bond donors (Lipinski definition) is 4. The Morgan fingerprint density at radius 1 is 0.845 bits per heavy atom. The molecule has 2 amide bonds. The van der Waals surface area contributed by atoms with E-state index >= 15 is 22.0 Å². The van der Waals surface area contributed by atoms with E-state index in [0.29, 0.717) is 66.2 Å². The molecule has 0 aliphatic carbocycles. The number of rotatable bonds is 17. The van der Waals surface area contributed by atoms with Gasteiger partial charge in [0.1, 0.15) is 41.7 Å². The number of alkyl halides is 3. The van der Waals surface area contributed by atoms with Gasteiger partial charge in [-0.2, -0.15) is 38.2 Å². The maximum Gasteiger partial charge on any atom is 0.417 e. The fraction of sp³-hybridized carbons (Fsp3) is 0.368. The first-order chi connectivity index (χ1) is 40.3. The Morgan fingerprint density at radius 2 is 1.50 bits per heavy atom. The van der Waals surface area contributed by atoms with Crippen molar-refractivity contribution in [2.75, 3.05) is 89.6 Å².